The fourth-order valence-electron chi connectivity index (χ4n) is 3.59. The number of anilines is 1. The molecule has 25 heavy (non-hydrogen) atoms. The van der Waals surface area contributed by atoms with Gasteiger partial charge in [-0.1, -0.05) is 85.6 Å². The molecule has 0 amide bonds. The zero-order chi connectivity index (χ0) is 17.3. The molecule has 0 saturated heterocycles. The van der Waals surface area contributed by atoms with Crippen LogP contribution in [0.3, 0.4) is 0 Å². The molecular weight excluding hydrogens is 318 g/mol. The molecule has 2 heteroatoms. The average molecular weight is 348 g/mol. The average Bonchev–Trinajstić information content (AvgIpc) is 3.12. The molecule has 130 valence electrons. The standard InChI is InChI=1S/C23H29NSi/c1-2-3-6-12-19-13-11-18-22(19)23(24-20-14-7-4-8-15-20)25-21-16-9-5-10-17-21/h4-5,7-11,13-17,23-24H,2-3,6,12,18,25H2,1H3. The van der Waals surface area contributed by atoms with Gasteiger partial charge in [-0.05, 0) is 42.5 Å². The molecule has 2 aromatic carbocycles. The van der Waals surface area contributed by atoms with E-state index >= 15 is 0 Å². The third-order valence-corrected chi connectivity index (χ3v) is 6.98. The first-order valence-corrected chi connectivity index (χ1v) is 11.1. The van der Waals surface area contributed by atoms with E-state index in [9.17, 15) is 0 Å². The molecule has 1 atom stereocenters. The van der Waals surface area contributed by atoms with Gasteiger partial charge in [0.25, 0.3) is 0 Å². The second-order valence-electron chi connectivity index (χ2n) is 6.87. The Kier molecular flexibility index (Phi) is 6.69. The summed E-state index contributed by atoms with van der Waals surface area (Å²) >= 11 is 0. The molecule has 0 bridgehead atoms. The minimum atomic E-state index is -0.440. The summed E-state index contributed by atoms with van der Waals surface area (Å²) in [5.74, 6) is 0. The molecule has 0 aliphatic heterocycles. The number of hydrogen-bond donors (Lipinski definition) is 1. The molecule has 1 aliphatic carbocycles. The van der Waals surface area contributed by atoms with Gasteiger partial charge < -0.3 is 5.32 Å². The van der Waals surface area contributed by atoms with E-state index in [-0.39, 0.29) is 0 Å². The molecule has 0 spiro atoms. The maximum atomic E-state index is 3.85. The Morgan fingerprint density at radius 2 is 1.68 bits per heavy atom. The van der Waals surface area contributed by atoms with E-state index in [1.807, 2.05) is 0 Å². The van der Waals surface area contributed by atoms with Gasteiger partial charge in [0.2, 0.25) is 0 Å². The van der Waals surface area contributed by atoms with Crippen molar-refractivity contribution in [2.75, 3.05) is 5.32 Å². The summed E-state index contributed by atoms with van der Waals surface area (Å²) in [4.78, 5) is 0. The summed E-state index contributed by atoms with van der Waals surface area (Å²) in [5.41, 5.74) is 4.96. The van der Waals surface area contributed by atoms with Crippen molar-refractivity contribution in [1.29, 1.82) is 0 Å². The molecule has 0 heterocycles. The van der Waals surface area contributed by atoms with Gasteiger partial charge in [0.05, 0.1) is 9.52 Å². The second kappa shape index (κ2) is 9.43. The number of benzene rings is 2. The molecule has 1 unspecified atom stereocenters. The Balaban J connectivity index is 1.80. The van der Waals surface area contributed by atoms with Crippen LogP contribution in [0.4, 0.5) is 5.69 Å². The first-order chi connectivity index (χ1) is 12.4. The molecule has 1 aliphatic rings. The third-order valence-electron chi connectivity index (χ3n) is 4.94. The molecule has 3 rings (SSSR count). The Morgan fingerprint density at radius 1 is 0.960 bits per heavy atom. The largest absolute Gasteiger partial charge is 0.382 e. The first kappa shape index (κ1) is 17.8. The van der Waals surface area contributed by atoms with Crippen LogP contribution in [0.1, 0.15) is 39.0 Å². The number of para-hydroxylation sites is 1. The lowest BCUT2D eigenvalue weighted by molar-refractivity contribution is 0.716. The molecular formula is C23H29NSi. The number of hydrogen-bond acceptors (Lipinski definition) is 1. The van der Waals surface area contributed by atoms with Crippen LogP contribution >= 0.6 is 0 Å². The van der Waals surface area contributed by atoms with Crippen LogP contribution in [0, 0.1) is 0 Å². The van der Waals surface area contributed by atoms with Crippen molar-refractivity contribution in [2.24, 2.45) is 0 Å². The minimum Gasteiger partial charge on any atom is -0.382 e. The molecule has 1 nitrogen and oxygen atoms in total. The summed E-state index contributed by atoms with van der Waals surface area (Å²) in [6, 6.07) is 21.7. The minimum absolute atomic E-state index is 0.440. The van der Waals surface area contributed by atoms with Crippen LogP contribution in [-0.2, 0) is 0 Å². The Hall–Kier alpha value is -2.06. The van der Waals surface area contributed by atoms with Gasteiger partial charge in [0, 0.05) is 11.4 Å². The van der Waals surface area contributed by atoms with Crippen molar-refractivity contribution < 1.29 is 0 Å². The summed E-state index contributed by atoms with van der Waals surface area (Å²) in [6.07, 6.45) is 11.0. The molecule has 2 aromatic rings. The van der Waals surface area contributed by atoms with E-state index in [1.165, 1.54) is 36.6 Å². The van der Waals surface area contributed by atoms with Gasteiger partial charge in [-0.3, -0.25) is 0 Å². The van der Waals surface area contributed by atoms with Gasteiger partial charge in [-0.2, -0.15) is 0 Å². The Morgan fingerprint density at radius 3 is 2.40 bits per heavy atom. The van der Waals surface area contributed by atoms with Crippen molar-refractivity contribution in [3.8, 4) is 0 Å². The third kappa shape index (κ3) is 5.20. The topological polar surface area (TPSA) is 12.0 Å². The summed E-state index contributed by atoms with van der Waals surface area (Å²) in [7, 11) is -0.440. The van der Waals surface area contributed by atoms with E-state index in [0.717, 1.165) is 6.42 Å². The van der Waals surface area contributed by atoms with Crippen LogP contribution in [0.2, 0.25) is 0 Å². The maximum Gasteiger partial charge on any atom is 0.0857 e. The van der Waals surface area contributed by atoms with Crippen molar-refractivity contribution >= 4 is 20.4 Å². The Bertz CT molecular complexity index is 662. The van der Waals surface area contributed by atoms with Crippen LogP contribution in [0.25, 0.3) is 0 Å². The van der Waals surface area contributed by atoms with Crippen molar-refractivity contribution in [1.82, 2.24) is 0 Å². The summed E-state index contributed by atoms with van der Waals surface area (Å²) < 4.78 is 0. The van der Waals surface area contributed by atoms with Crippen molar-refractivity contribution in [2.45, 2.75) is 44.7 Å². The number of unbranched alkanes of at least 4 members (excludes halogenated alkanes) is 2. The molecule has 1 N–H and O–H groups in total. The van der Waals surface area contributed by atoms with Gasteiger partial charge in [0.15, 0.2) is 0 Å². The first-order valence-electron chi connectivity index (χ1n) is 9.60. The fourth-order valence-corrected chi connectivity index (χ4v) is 5.62. The quantitative estimate of drug-likeness (QED) is 0.509. The molecule has 0 radical (unpaired) electrons. The molecule has 0 aromatic heterocycles. The fraction of sp³-hybridized carbons (Fsp3) is 0.304. The zero-order valence-corrected chi connectivity index (χ0v) is 16.7. The van der Waals surface area contributed by atoms with Crippen LogP contribution in [0.15, 0.2) is 84.0 Å². The van der Waals surface area contributed by atoms with Gasteiger partial charge >= 0.3 is 0 Å². The normalized spacial score (nSPS) is 15.2. The highest BCUT2D eigenvalue weighted by Gasteiger charge is 2.20. The highest BCUT2D eigenvalue weighted by molar-refractivity contribution is 6.56. The second-order valence-corrected chi connectivity index (χ2v) is 8.91. The van der Waals surface area contributed by atoms with Crippen LogP contribution < -0.4 is 10.5 Å². The monoisotopic (exact) mass is 347 g/mol. The van der Waals surface area contributed by atoms with Crippen LogP contribution in [-0.4, -0.2) is 15.2 Å². The molecule has 0 fully saturated rings. The maximum absolute atomic E-state index is 3.85. The number of nitrogens with one attached hydrogen (secondary N) is 1. The number of rotatable bonds is 9. The smallest absolute Gasteiger partial charge is 0.0857 e. The highest BCUT2D eigenvalue weighted by atomic mass is 28.2. The SMILES string of the molecule is CCCCCC1=C(C(Nc2ccccc2)[SiH2]c2ccccc2)CC=C1. The van der Waals surface area contributed by atoms with E-state index < -0.39 is 9.52 Å². The number of allylic oxidation sites excluding steroid dienone is 3. The lowest BCUT2D eigenvalue weighted by atomic mass is 10.0. The van der Waals surface area contributed by atoms with E-state index in [0.29, 0.717) is 5.67 Å². The Labute approximate surface area is 154 Å². The van der Waals surface area contributed by atoms with E-state index in [2.05, 4.69) is 85.1 Å². The van der Waals surface area contributed by atoms with Gasteiger partial charge in [0.1, 0.15) is 0 Å². The lowest BCUT2D eigenvalue weighted by Gasteiger charge is -2.23. The van der Waals surface area contributed by atoms with Crippen LogP contribution in [0.5, 0.6) is 0 Å². The summed E-state index contributed by atoms with van der Waals surface area (Å²) in [5, 5.41) is 5.38. The van der Waals surface area contributed by atoms with Crippen molar-refractivity contribution in [3.05, 3.63) is 84.0 Å². The van der Waals surface area contributed by atoms with Gasteiger partial charge in [-0.25, -0.2) is 0 Å². The van der Waals surface area contributed by atoms with E-state index in [1.54, 1.807) is 11.1 Å². The van der Waals surface area contributed by atoms with E-state index in [4.69, 9.17) is 0 Å². The van der Waals surface area contributed by atoms with Crippen molar-refractivity contribution in [3.63, 3.8) is 0 Å². The van der Waals surface area contributed by atoms with Gasteiger partial charge in [-0.15, -0.1) is 0 Å². The predicted molar refractivity (Wildman–Crippen MR) is 113 cm³/mol. The summed E-state index contributed by atoms with van der Waals surface area (Å²) in [6.45, 7) is 2.28. The lowest BCUT2D eigenvalue weighted by Crippen LogP contribution is -2.36. The highest BCUT2D eigenvalue weighted by Crippen LogP contribution is 2.28. The predicted octanol–water partition coefficient (Wildman–Crippen LogP) is 4.76. The molecule has 0 saturated carbocycles. The zero-order valence-electron chi connectivity index (χ0n) is 15.2.